The summed E-state index contributed by atoms with van der Waals surface area (Å²) >= 11 is 3.39. The maximum Gasteiger partial charge on any atom is 0.291 e. The molecule has 4 rings (SSSR count). The molecule has 2 aromatic heterocycles. The quantitative estimate of drug-likeness (QED) is 0.650. The number of nitrogens with one attached hydrogen (secondary N) is 1. The fourth-order valence-corrected chi connectivity index (χ4v) is 3.43. The number of hydrogen-bond acceptors (Lipinski definition) is 5. The van der Waals surface area contributed by atoms with Crippen LogP contribution in [-0.4, -0.2) is 47.9 Å². The van der Waals surface area contributed by atoms with Crippen molar-refractivity contribution in [3.05, 3.63) is 76.8 Å². The first-order valence-corrected chi connectivity index (χ1v) is 10.0. The molecular weight excluding hydrogens is 436 g/mol. The molecule has 0 bridgehead atoms. The number of rotatable bonds is 4. The first-order valence-electron chi connectivity index (χ1n) is 9.21. The van der Waals surface area contributed by atoms with Crippen LogP contribution in [0, 0.1) is 0 Å². The van der Waals surface area contributed by atoms with E-state index in [1.54, 1.807) is 18.3 Å². The molecular formula is C21H19BrN4O3. The highest BCUT2D eigenvalue weighted by atomic mass is 79.9. The topological polar surface area (TPSA) is 78.7 Å². The molecule has 0 saturated carbocycles. The molecule has 0 radical (unpaired) electrons. The van der Waals surface area contributed by atoms with Crippen LogP contribution in [0.2, 0.25) is 0 Å². The number of amides is 2. The van der Waals surface area contributed by atoms with Crippen LogP contribution in [0.3, 0.4) is 0 Å². The minimum absolute atomic E-state index is 0.0427. The lowest BCUT2D eigenvalue weighted by Crippen LogP contribution is -2.49. The number of piperazine rings is 1. The van der Waals surface area contributed by atoms with Gasteiger partial charge in [0.25, 0.3) is 11.8 Å². The smallest absolute Gasteiger partial charge is 0.291 e. The molecule has 3 heterocycles. The van der Waals surface area contributed by atoms with Gasteiger partial charge in [-0.15, -0.1) is 0 Å². The van der Waals surface area contributed by atoms with Gasteiger partial charge in [0, 0.05) is 36.2 Å². The van der Waals surface area contributed by atoms with E-state index in [2.05, 4.69) is 31.1 Å². The summed E-state index contributed by atoms with van der Waals surface area (Å²) in [6.45, 7) is 2.67. The maximum absolute atomic E-state index is 12.6. The predicted octanol–water partition coefficient (Wildman–Crippen LogP) is 3.65. The molecule has 1 N–H and O–H groups in total. The number of carbonyl (C=O) groups excluding carboxylic acids is 2. The number of aromatic nitrogens is 1. The highest BCUT2D eigenvalue weighted by molar-refractivity contribution is 9.10. The zero-order valence-corrected chi connectivity index (χ0v) is 17.1. The van der Waals surface area contributed by atoms with Gasteiger partial charge in [0.2, 0.25) is 0 Å². The van der Waals surface area contributed by atoms with E-state index in [4.69, 9.17) is 4.42 Å². The third-order valence-electron chi connectivity index (χ3n) is 4.73. The van der Waals surface area contributed by atoms with Crippen LogP contribution >= 0.6 is 15.9 Å². The van der Waals surface area contributed by atoms with Gasteiger partial charge in [-0.2, -0.15) is 0 Å². The van der Waals surface area contributed by atoms with Gasteiger partial charge in [-0.25, -0.2) is 4.98 Å². The molecule has 1 aliphatic rings. The van der Waals surface area contributed by atoms with Crippen molar-refractivity contribution in [2.24, 2.45) is 0 Å². The number of anilines is 2. The molecule has 0 spiro atoms. The summed E-state index contributed by atoms with van der Waals surface area (Å²) in [5.41, 5.74) is 1.29. The normalized spacial score (nSPS) is 14.0. The Morgan fingerprint density at radius 2 is 1.76 bits per heavy atom. The molecule has 8 heteroatoms. The van der Waals surface area contributed by atoms with Gasteiger partial charge in [-0.05, 0) is 48.5 Å². The van der Waals surface area contributed by atoms with E-state index in [9.17, 15) is 9.59 Å². The van der Waals surface area contributed by atoms with Crippen LogP contribution in [0.25, 0.3) is 0 Å². The number of nitrogens with zero attached hydrogens (tertiary/aromatic N) is 3. The summed E-state index contributed by atoms with van der Waals surface area (Å²) in [7, 11) is 0. The number of halogens is 1. The van der Waals surface area contributed by atoms with Crippen molar-refractivity contribution < 1.29 is 14.0 Å². The molecule has 0 unspecified atom stereocenters. The van der Waals surface area contributed by atoms with Crippen molar-refractivity contribution >= 4 is 39.2 Å². The minimum atomic E-state index is -0.315. The zero-order valence-electron chi connectivity index (χ0n) is 15.5. The van der Waals surface area contributed by atoms with Crippen molar-refractivity contribution in [3.63, 3.8) is 0 Å². The second-order valence-electron chi connectivity index (χ2n) is 6.62. The van der Waals surface area contributed by atoms with Crippen molar-refractivity contribution in [3.8, 4) is 0 Å². The zero-order chi connectivity index (χ0) is 20.2. The predicted molar refractivity (Wildman–Crippen MR) is 113 cm³/mol. The summed E-state index contributed by atoms with van der Waals surface area (Å²) in [5.74, 6) is 0.795. The first kappa shape index (κ1) is 19.2. The van der Waals surface area contributed by atoms with Gasteiger partial charge < -0.3 is 19.5 Å². The molecule has 29 heavy (non-hydrogen) atoms. The standard InChI is InChI=1S/C21H19BrN4O3/c22-16-5-3-15(4-6-16)21(28)26-11-9-25(10-12-26)19-8-7-17(14-23-19)24-20(27)18-2-1-13-29-18/h1-8,13-14H,9-12H2,(H,24,27). The van der Waals surface area contributed by atoms with Gasteiger partial charge in [0.05, 0.1) is 18.1 Å². The van der Waals surface area contributed by atoms with Crippen molar-refractivity contribution in [1.82, 2.24) is 9.88 Å². The molecule has 1 saturated heterocycles. The molecule has 0 aliphatic carbocycles. The van der Waals surface area contributed by atoms with E-state index in [1.165, 1.54) is 6.26 Å². The average molecular weight is 455 g/mol. The largest absolute Gasteiger partial charge is 0.459 e. The Kier molecular flexibility index (Phi) is 5.62. The molecule has 1 aromatic carbocycles. The summed E-state index contributed by atoms with van der Waals surface area (Å²) < 4.78 is 6.03. The molecule has 7 nitrogen and oxygen atoms in total. The van der Waals surface area contributed by atoms with Crippen LogP contribution < -0.4 is 10.2 Å². The molecule has 148 valence electrons. The van der Waals surface area contributed by atoms with E-state index in [0.29, 0.717) is 37.4 Å². The van der Waals surface area contributed by atoms with Gasteiger partial charge in [0.1, 0.15) is 5.82 Å². The molecule has 1 aliphatic heterocycles. The van der Waals surface area contributed by atoms with Gasteiger partial charge in [-0.1, -0.05) is 15.9 Å². The maximum atomic E-state index is 12.6. The first-order chi connectivity index (χ1) is 14.1. The van der Waals surface area contributed by atoms with Crippen molar-refractivity contribution in [1.29, 1.82) is 0 Å². The Bertz CT molecular complexity index is 980. The summed E-state index contributed by atoms with van der Waals surface area (Å²) in [6.07, 6.45) is 3.08. The summed E-state index contributed by atoms with van der Waals surface area (Å²) in [6, 6.07) is 14.3. The van der Waals surface area contributed by atoms with E-state index >= 15 is 0 Å². The van der Waals surface area contributed by atoms with Gasteiger partial charge in [-0.3, -0.25) is 9.59 Å². The molecule has 2 amide bonds. The Morgan fingerprint density at radius 3 is 2.38 bits per heavy atom. The monoisotopic (exact) mass is 454 g/mol. The lowest BCUT2D eigenvalue weighted by atomic mass is 10.2. The number of hydrogen-bond donors (Lipinski definition) is 1. The Labute approximate surface area is 176 Å². The molecule has 1 fully saturated rings. The fraction of sp³-hybridized carbons (Fsp3) is 0.190. The number of benzene rings is 1. The summed E-state index contributed by atoms with van der Waals surface area (Å²) in [4.78, 5) is 33.1. The second-order valence-corrected chi connectivity index (χ2v) is 7.54. The average Bonchev–Trinajstić information content (AvgIpc) is 3.30. The fourth-order valence-electron chi connectivity index (χ4n) is 3.16. The van der Waals surface area contributed by atoms with Gasteiger partial charge >= 0.3 is 0 Å². The molecule has 3 aromatic rings. The lowest BCUT2D eigenvalue weighted by molar-refractivity contribution is 0.0746. The third-order valence-corrected chi connectivity index (χ3v) is 5.26. The van der Waals surface area contributed by atoms with Crippen LogP contribution in [0.1, 0.15) is 20.9 Å². The van der Waals surface area contributed by atoms with Gasteiger partial charge in [0.15, 0.2) is 5.76 Å². The summed E-state index contributed by atoms with van der Waals surface area (Å²) in [5, 5.41) is 2.75. The van der Waals surface area contributed by atoms with Crippen LogP contribution in [-0.2, 0) is 0 Å². The lowest BCUT2D eigenvalue weighted by Gasteiger charge is -2.35. The van der Waals surface area contributed by atoms with Crippen LogP contribution in [0.15, 0.2) is 69.9 Å². The number of pyridine rings is 1. The van der Waals surface area contributed by atoms with Crippen molar-refractivity contribution in [2.75, 3.05) is 36.4 Å². The van der Waals surface area contributed by atoms with E-state index in [1.807, 2.05) is 41.3 Å². The Morgan fingerprint density at radius 1 is 1.00 bits per heavy atom. The SMILES string of the molecule is O=C(Nc1ccc(N2CCN(C(=O)c3ccc(Br)cc3)CC2)nc1)c1ccco1. The number of furan rings is 1. The van der Waals surface area contributed by atoms with Crippen molar-refractivity contribution in [2.45, 2.75) is 0 Å². The Balaban J connectivity index is 1.33. The van der Waals surface area contributed by atoms with Crippen LogP contribution in [0.4, 0.5) is 11.5 Å². The Hall–Kier alpha value is -3.13. The highest BCUT2D eigenvalue weighted by Gasteiger charge is 2.23. The molecule has 0 atom stereocenters. The highest BCUT2D eigenvalue weighted by Crippen LogP contribution is 2.18. The number of carbonyl (C=O) groups is 2. The van der Waals surface area contributed by atoms with E-state index < -0.39 is 0 Å². The minimum Gasteiger partial charge on any atom is -0.459 e. The van der Waals surface area contributed by atoms with E-state index in [-0.39, 0.29) is 17.6 Å². The van der Waals surface area contributed by atoms with E-state index in [0.717, 1.165) is 10.3 Å². The second kappa shape index (κ2) is 8.48. The third kappa shape index (κ3) is 4.48. The van der Waals surface area contributed by atoms with Crippen LogP contribution in [0.5, 0.6) is 0 Å².